The normalized spacial score (nSPS) is 16.1. The van der Waals surface area contributed by atoms with Crippen LogP contribution in [0.3, 0.4) is 0 Å². The quantitative estimate of drug-likeness (QED) is 0.584. The van der Waals surface area contributed by atoms with Crippen LogP contribution in [-0.4, -0.2) is 49.4 Å². The lowest BCUT2D eigenvalue weighted by molar-refractivity contribution is 0.160. The van der Waals surface area contributed by atoms with Crippen LogP contribution in [0.1, 0.15) is 31.0 Å². The van der Waals surface area contributed by atoms with Gasteiger partial charge in [0, 0.05) is 37.6 Å². The molecule has 0 atom stereocenters. The lowest BCUT2D eigenvalue weighted by atomic mass is 9.80. The van der Waals surface area contributed by atoms with Gasteiger partial charge in [0.05, 0.1) is 36.8 Å². The number of likely N-dealkylation sites (tertiary alicyclic amines) is 1. The average molecular weight is 461 g/mol. The van der Waals surface area contributed by atoms with Crippen LogP contribution in [0.15, 0.2) is 54.7 Å². The topological polar surface area (TPSA) is 59.0 Å². The van der Waals surface area contributed by atoms with Crippen LogP contribution in [0.5, 0.6) is 11.5 Å². The molecule has 1 aromatic heterocycles. The molecule has 3 aromatic rings. The largest absolute Gasteiger partial charge is 0.497 e. The van der Waals surface area contributed by atoms with E-state index < -0.39 is 0 Å². The van der Waals surface area contributed by atoms with Gasteiger partial charge in [0.25, 0.3) is 0 Å². The zero-order valence-corrected chi connectivity index (χ0v) is 20.3. The lowest BCUT2D eigenvalue weighted by Crippen LogP contribution is -2.57. The summed E-state index contributed by atoms with van der Waals surface area (Å²) in [6, 6.07) is 16.3. The molecule has 2 aliphatic heterocycles. The molecule has 1 fully saturated rings. The van der Waals surface area contributed by atoms with E-state index in [1.807, 2.05) is 11.0 Å². The summed E-state index contributed by atoms with van der Waals surface area (Å²) in [4.78, 5) is 17.6. The molecular formula is C27H32N4O3. The van der Waals surface area contributed by atoms with Gasteiger partial charge in [-0.3, -0.25) is 0 Å². The van der Waals surface area contributed by atoms with E-state index >= 15 is 0 Å². The van der Waals surface area contributed by atoms with Crippen LogP contribution in [0, 0.1) is 6.92 Å². The van der Waals surface area contributed by atoms with E-state index in [1.54, 1.807) is 26.4 Å². The van der Waals surface area contributed by atoms with Gasteiger partial charge in [0.15, 0.2) is 0 Å². The number of carbonyl (C=O) groups excluding carboxylic acids is 1. The Hall–Kier alpha value is -3.61. The predicted octanol–water partition coefficient (Wildman–Crippen LogP) is 5.17. The molecular weight excluding hydrogens is 428 g/mol. The second-order valence-electron chi connectivity index (χ2n) is 9.01. The van der Waals surface area contributed by atoms with E-state index in [9.17, 15) is 4.79 Å². The SMILES string of the molecule is CCN1c2cc(C)ccc2-n2cccc2C12CCN(C(=O)Nc1cc(OC)ccc1OC)CC2. The number of aromatic nitrogens is 1. The number of hydrogen-bond acceptors (Lipinski definition) is 4. The van der Waals surface area contributed by atoms with Gasteiger partial charge in [0.1, 0.15) is 11.5 Å². The molecule has 7 heteroatoms. The predicted molar refractivity (Wildman–Crippen MR) is 135 cm³/mol. The highest BCUT2D eigenvalue weighted by atomic mass is 16.5. The molecule has 34 heavy (non-hydrogen) atoms. The Morgan fingerprint density at radius 2 is 1.82 bits per heavy atom. The van der Waals surface area contributed by atoms with Crippen LogP contribution >= 0.6 is 0 Å². The van der Waals surface area contributed by atoms with Crippen molar-refractivity contribution in [3.05, 3.63) is 66.0 Å². The molecule has 0 unspecified atom stereocenters. The minimum Gasteiger partial charge on any atom is -0.497 e. The van der Waals surface area contributed by atoms with Crippen molar-refractivity contribution in [1.29, 1.82) is 0 Å². The Kier molecular flexibility index (Phi) is 5.63. The van der Waals surface area contributed by atoms with Gasteiger partial charge < -0.3 is 29.2 Å². The summed E-state index contributed by atoms with van der Waals surface area (Å²) in [7, 11) is 3.20. The molecule has 1 spiro atoms. The Bertz CT molecular complexity index is 1210. The van der Waals surface area contributed by atoms with Crippen molar-refractivity contribution in [2.75, 3.05) is 44.1 Å². The molecule has 2 aromatic carbocycles. The highest BCUT2D eigenvalue weighted by Gasteiger charge is 2.47. The number of urea groups is 1. The Balaban J connectivity index is 1.40. The number of carbonyl (C=O) groups is 1. The molecule has 178 valence electrons. The zero-order chi connectivity index (χ0) is 23.9. The summed E-state index contributed by atoms with van der Waals surface area (Å²) in [5.74, 6) is 1.28. The summed E-state index contributed by atoms with van der Waals surface area (Å²) in [6.45, 7) is 6.61. The number of rotatable bonds is 4. The van der Waals surface area contributed by atoms with Crippen molar-refractivity contribution in [2.24, 2.45) is 0 Å². The fourth-order valence-corrected chi connectivity index (χ4v) is 5.58. The van der Waals surface area contributed by atoms with Crippen LogP contribution in [0.25, 0.3) is 5.69 Å². The number of fused-ring (bicyclic) bond motifs is 4. The van der Waals surface area contributed by atoms with Gasteiger partial charge in [-0.05, 0) is 68.7 Å². The number of hydrogen-bond donors (Lipinski definition) is 1. The second kappa shape index (κ2) is 8.63. The van der Waals surface area contributed by atoms with Crippen molar-refractivity contribution < 1.29 is 14.3 Å². The summed E-state index contributed by atoms with van der Waals surface area (Å²) in [6.07, 6.45) is 3.88. The van der Waals surface area contributed by atoms with Gasteiger partial charge in [0.2, 0.25) is 0 Å². The third kappa shape index (κ3) is 3.47. The molecule has 0 radical (unpaired) electrons. The number of nitrogens with one attached hydrogen (secondary N) is 1. The van der Waals surface area contributed by atoms with Crippen molar-refractivity contribution >= 4 is 17.4 Å². The number of benzene rings is 2. The summed E-state index contributed by atoms with van der Waals surface area (Å²) in [5.41, 5.74) is 5.53. The fraction of sp³-hybridized carbons (Fsp3) is 0.370. The van der Waals surface area contributed by atoms with Gasteiger partial charge >= 0.3 is 6.03 Å². The van der Waals surface area contributed by atoms with Crippen molar-refractivity contribution in [3.63, 3.8) is 0 Å². The third-order valence-electron chi connectivity index (χ3n) is 7.27. The maximum absolute atomic E-state index is 13.2. The van der Waals surface area contributed by atoms with Gasteiger partial charge in [-0.25, -0.2) is 4.79 Å². The van der Waals surface area contributed by atoms with Crippen molar-refractivity contribution in [1.82, 2.24) is 9.47 Å². The number of methoxy groups -OCH3 is 2. The van der Waals surface area contributed by atoms with Gasteiger partial charge in [-0.2, -0.15) is 0 Å². The van der Waals surface area contributed by atoms with E-state index in [0.29, 0.717) is 30.3 Å². The standard InChI is InChI=1S/C27H32N4O3/c1-5-31-23-17-19(2)8-10-22(23)30-14-6-7-25(30)27(31)12-15-29(16-13-27)26(32)28-21-18-20(33-3)9-11-24(21)34-4/h6-11,14,17-18H,5,12-13,15-16H2,1-4H3,(H,28,32). The molecule has 0 saturated carbocycles. The first-order chi connectivity index (χ1) is 16.5. The van der Waals surface area contributed by atoms with Gasteiger partial charge in [-0.15, -0.1) is 0 Å². The van der Waals surface area contributed by atoms with E-state index in [-0.39, 0.29) is 11.6 Å². The number of anilines is 2. The molecule has 3 heterocycles. The maximum Gasteiger partial charge on any atom is 0.321 e. The smallest absolute Gasteiger partial charge is 0.321 e. The summed E-state index contributed by atoms with van der Waals surface area (Å²) < 4.78 is 13.1. The lowest BCUT2D eigenvalue weighted by Gasteiger charge is -2.53. The second-order valence-corrected chi connectivity index (χ2v) is 9.01. The first-order valence-electron chi connectivity index (χ1n) is 11.8. The number of ether oxygens (including phenoxy) is 2. The molecule has 5 rings (SSSR count). The number of aryl methyl sites for hydroxylation is 1. The Morgan fingerprint density at radius 3 is 2.53 bits per heavy atom. The van der Waals surface area contributed by atoms with Crippen molar-refractivity contribution in [2.45, 2.75) is 32.2 Å². The van der Waals surface area contributed by atoms with Crippen LogP contribution in [0.4, 0.5) is 16.2 Å². The Labute approximate surface area is 200 Å². The van der Waals surface area contributed by atoms with E-state index in [4.69, 9.17) is 9.47 Å². The minimum absolute atomic E-state index is 0.119. The monoisotopic (exact) mass is 460 g/mol. The number of amides is 2. The van der Waals surface area contributed by atoms with Crippen molar-refractivity contribution in [3.8, 4) is 17.2 Å². The van der Waals surface area contributed by atoms with Gasteiger partial charge in [-0.1, -0.05) is 6.07 Å². The Morgan fingerprint density at radius 1 is 1.03 bits per heavy atom. The third-order valence-corrected chi connectivity index (χ3v) is 7.27. The first kappa shape index (κ1) is 22.2. The molecule has 0 aliphatic carbocycles. The fourth-order valence-electron chi connectivity index (χ4n) is 5.58. The minimum atomic E-state index is -0.135. The first-order valence-corrected chi connectivity index (χ1v) is 11.8. The maximum atomic E-state index is 13.2. The molecule has 1 saturated heterocycles. The molecule has 7 nitrogen and oxygen atoms in total. The van der Waals surface area contributed by atoms with E-state index in [2.05, 4.69) is 65.2 Å². The zero-order valence-electron chi connectivity index (χ0n) is 20.3. The number of piperidine rings is 1. The van der Waals surface area contributed by atoms with E-state index in [0.717, 1.165) is 19.4 Å². The van der Waals surface area contributed by atoms with Crippen LogP contribution in [-0.2, 0) is 5.54 Å². The summed E-state index contributed by atoms with van der Waals surface area (Å²) in [5, 5.41) is 3.02. The summed E-state index contributed by atoms with van der Waals surface area (Å²) >= 11 is 0. The molecule has 1 N–H and O–H groups in total. The molecule has 0 bridgehead atoms. The highest BCUT2D eigenvalue weighted by Crippen LogP contribution is 2.48. The molecule has 2 aliphatic rings. The molecule has 2 amide bonds. The average Bonchev–Trinajstić information content (AvgIpc) is 3.35. The number of nitrogens with zero attached hydrogens (tertiary/aromatic N) is 3. The van der Waals surface area contributed by atoms with Crippen LogP contribution in [0.2, 0.25) is 0 Å². The van der Waals surface area contributed by atoms with Crippen LogP contribution < -0.4 is 19.7 Å². The van der Waals surface area contributed by atoms with E-state index in [1.165, 1.54) is 22.6 Å². The highest BCUT2D eigenvalue weighted by molar-refractivity contribution is 5.91.